The molecule has 0 heterocycles. The fourth-order valence-electron chi connectivity index (χ4n) is 1.20. The minimum Gasteiger partial charge on any atom is -0.507 e. The van der Waals surface area contributed by atoms with E-state index >= 15 is 0 Å². The van der Waals surface area contributed by atoms with E-state index in [0.29, 0.717) is 17.7 Å². The Balaban J connectivity index is 2.46. The molecule has 1 rings (SSSR count). The second-order valence-electron chi connectivity index (χ2n) is 3.70. The van der Waals surface area contributed by atoms with E-state index in [4.69, 9.17) is 12.2 Å². The van der Waals surface area contributed by atoms with Crippen molar-refractivity contribution in [3.8, 4) is 5.75 Å². The quantitative estimate of drug-likeness (QED) is 0.672. The number of hydrogen-bond acceptors (Lipinski definition) is 4. The van der Waals surface area contributed by atoms with Crippen molar-refractivity contribution in [2.24, 2.45) is 0 Å². The summed E-state index contributed by atoms with van der Waals surface area (Å²) in [5.74, 6) is 0.610. The molecule has 1 aromatic rings. The molecular weight excluding hydrogens is 254 g/mol. The minimum absolute atomic E-state index is 0.0395. The fraction of sp³-hybridized carbons (Fsp3) is 0.333. The van der Waals surface area contributed by atoms with Crippen molar-refractivity contribution >= 4 is 34.1 Å². The number of carbonyl (C=O) groups excluding carboxylic acids is 1. The van der Waals surface area contributed by atoms with Crippen LogP contribution in [0.4, 0.5) is 0 Å². The first kappa shape index (κ1) is 14.0. The Labute approximate surface area is 111 Å². The smallest absolute Gasteiger partial charge is 0.167 e. The maximum Gasteiger partial charge on any atom is 0.167 e. The van der Waals surface area contributed by atoms with Crippen LogP contribution in [-0.4, -0.2) is 40.0 Å². The molecule has 0 saturated heterocycles. The molecule has 1 N–H and O–H groups in total. The van der Waals surface area contributed by atoms with Crippen LogP contribution in [0.3, 0.4) is 0 Å². The predicted octanol–water partition coefficient (Wildman–Crippen LogP) is 2.54. The zero-order valence-corrected chi connectivity index (χ0v) is 11.5. The van der Waals surface area contributed by atoms with Crippen molar-refractivity contribution in [2.75, 3.05) is 19.8 Å². The highest BCUT2D eigenvalue weighted by Crippen LogP contribution is 2.19. The highest BCUT2D eigenvalue weighted by atomic mass is 32.2. The van der Waals surface area contributed by atoms with E-state index in [0.717, 1.165) is 4.32 Å². The molecule has 0 bridgehead atoms. The van der Waals surface area contributed by atoms with Gasteiger partial charge in [-0.25, -0.2) is 0 Å². The number of hydrogen-bond donors (Lipinski definition) is 1. The van der Waals surface area contributed by atoms with Crippen LogP contribution in [0.2, 0.25) is 0 Å². The zero-order valence-electron chi connectivity index (χ0n) is 9.84. The second kappa shape index (κ2) is 6.61. The van der Waals surface area contributed by atoms with Crippen molar-refractivity contribution in [3.63, 3.8) is 0 Å². The van der Waals surface area contributed by atoms with Crippen molar-refractivity contribution in [1.82, 2.24) is 4.90 Å². The molecule has 0 saturated carbocycles. The SMILES string of the molecule is CN(C)C(=S)SCCC(=O)c1ccccc1O. The lowest BCUT2D eigenvalue weighted by Gasteiger charge is -2.12. The van der Waals surface area contributed by atoms with Crippen molar-refractivity contribution < 1.29 is 9.90 Å². The number of thiocarbonyl (C=S) groups is 1. The number of carbonyl (C=O) groups is 1. The Hall–Kier alpha value is -1.07. The number of phenolic OH excluding ortho intramolecular Hbond substituents is 1. The summed E-state index contributed by atoms with van der Waals surface area (Å²) in [7, 11) is 3.75. The summed E-state index contributed by atoms with van der Waals surface area (Å²) >= 11 is 6.57. The van der Waals surface area contributed by atoms with Gasteiger partial charge in [0.15, 0.2) is 5.78 Å². The predicted molar refractivity (Wildman–Crippen MR) is 75.8 cm³/mol. The first-order valence-electron chi connectivity index (χ1n) is 5.17. The van der Waals surface area contributed by atoms with Gasteiger partial charge >= 0.3 is 0 Å². The molecule has 5 heteroatoms. The maximum absolute atomic E-state index is 11.8. The first-order chi connectivity index (χ1) is 8.02. The number of para-hydroxylation sites is 1. The zero-order chi connectivity index (χ0) is 12.8. The normalized spacial score (nSPS) is 10.0. The van der Waals surface area contributed by atoms with Gasteiger partial charge in [0, 0.05) is 26.3 Å². The van der Waals surface area contributed by atoms with Crippen LogP contribution < -0.4 is 0 Å². The number of rotatable bonds is 4. The largest absolute Gasteiger partial charge is 0.507 e. The van der Waals surface area contributed by atoms with Gasteiger partial charge in [0.1, 0.15) is 10.1 Å². The van der Waals surface area contributed by atoms with Gasteiger partial charge in [-0.3, -0.25) is 4.79 Å². The molecule has 17 heavy (non-hydrogen) atoms. The Bertz CT molecular complexity index is 419. The maximum atomic E-state index is 11.8. The second-order valence-corrected chi connectivity index (χ2v) is 5.43. The molecule has 0 atom stereocenters. The molecule has 3 nitrogen and oxygen atoms in total. The fourth-order valence-corrected chi connectivity index (χ4v) is 2.17. The molecule has 0 amide bonds. The highest BCUT2D eigenvalue weighted by Gasteiger charge is 2.10. The standard InChI is InChI=1S/C12H15NO2S2/c1-13(2)12(16)17-8-7-11(15)9-5-3-4-6-10(9)14/h3-6,14H,7-8H2,1-2H3. The van der Waals surface area contributed by atoms with Crippen LogP contribution in [0.1, 0.15) is 16.8 Å². The first-order valence-corrected chi connectivity index (χ1v) is 6.57. The van der Waals surface area contributed by atoms with E-state index in [1.165, 1.54) is 17.8 Å². The summed E-state index contributed by atoms with van der Waals surface area (Å²) < 4.78 is 0.759. The number of Topliss-reactive ketones (excluding diaryl/α,β-unsaturated/α-hetero) is 1. The highest BCUT2D eigenvalue weighted by molar-refractivity contribution is 8.22. The summed E-state index contributed by atoms with van der Waals surface area (Å²) in [6.45, 7) is 0. The van der Waals surface area contributed by atoms with Crippen LogP contribution in [0.5, 0.6) is 5.75 Å². The number of benzene rings is 1. The Morgan fingerprint density at radius 3 is 2.65 bits per heavy atom. The van der Waals surface area contributed by atoms with Crippen LogP contribution in [0, 0.1) is 0 Å². The Morgan fingerprint density at radius 1 is 1.41 bits per heavy atom. The minimum atomic E-state index is -0.0582. The van der Waals surface area contributed by atoms with Gasteiger partial charge in [0.25, 0.3) is 0 Å². The van der Waals surface area contributed by atoms with E-state index in [2.05, 4.69) is 0 Å². The number of aromatic hydroxyl groups is 1. The molecule has 92 valence electrons. The van der Waals surface area contributed by atoms with E-state index in [9.17, 15) is 9.90 Å². The van der Waals surface area contributed by atoms with Gasteiger partial charge in [-0.2, -0.15) is 0 Å². The van der Waals surface area contributed by atoms with E-state index in [1.807, 2.05) is 19.0 Å². The van der Waals surface area contributed by atoms with Crippen LogP contribution in [-0.2, 0) is 0 Å². The molecule has 0 aromatic heterocycles. The van der Waals surface area contributed by atoms with Crippen LogP contribution in [0.15, 0.2) is 24.3 Å². The molecule has 0 aliphatic rings. The van der Waals surface area contributed by atoms with Crippen LogP contribution >= 0.6 is 24.0 Å². The third-order valence-electron chi connectivity index (χ3n) is 2.12. The summed E-state index contributed by atoms with van der Waals surface area (Å²) in [4.78, 5) is 13.6. The van der Waals surface area contributed by atoms with E-state index in [-0.39, 0.29) is 11.5 Å². The molecule has 0 fully saturated rings. The van der Waals surface area contributed by atoms with E-state index < -0.39 is 0 Å². The number of nitrogens with zero attached hydrogens (tertiary/aromatic N) is 1. The number of phenols is 1. The average molecular weight is 269 g/mol. The summed E-state index contributed by atoms with van der Waals surface area (Å²) in [6, 6.07) is 6.59. The lowest BCUT2D eigenvalue weighted by atomic mass is 10.1. The van der Waals surface area contributed by atoms with Gasteiger partial charge in [-0.15, -0.1) is 0 Å². The number of thioether (sulfide) groups is 1. The van der Waals surface area contributed by atoms with Crippen molar-refractivity contribution in [3.05, 3.63) is 29.8 Å². The number of ketones is 1. The van der Waals surface area contributed by atoms with Gasteiger partial charge in [-0.05, 0) is 12.1 Å². The van der Waals surface area contributed by atoms with Crippen molar-refractivity contribution in [2.45, 2.75) is 6.42 Å². The third kappa shape index (κ3) is 4.36. The molecule has 1 aromatic carbocycles. The molecule has 0 aliphatic heterocycles. The van der Waals surface area contributed by atoms with Gasteiger partial charge < -0.3 is 10.0 Å². The van der Waals surface area contributed by atoms with Crippen molar-refractivity contribution in [1.29, 1.82) is 0 Å². The lowest BCUT2D eigenvalue weighted by Crippen LogP contribution is -2.16. The molecule has 0 aliphatic carbocycles. The monoisotopic (exact) mass is 269 g/mol. The molecule has 0 radical (unpaired) electrons. The Morgan fingerprint density at radius 2 is 2.06 bits per heavy atom. The van der Waals surface area contributed by atoms with E-state index in [1.54, 1.807) is 18.2 Å². The summed E-state index contributed by atoms with van der Waals surface area (Å²) in [5, 5.41) is 9.52. The lowest BCUT2D eigenvalue weighted by molar-refractivity contribution is 0.0987. The molecule has 0 unspecified atom stereocenters. The average Bonchev–Trinajstić information content (AvgIpc) is 2.29. The summed E-state index contributed by atoms with van der Waals surface area (Å²) in [5.41, 5.74) is 0.379. The Kier molecular flexibility index (Phi) is 5.44. The summed E-state index contributed by atoms with van der Waals surface area (Å²) in [6.07, 6.45) is 0.371. The van der Waals surface area contributed by atoms with Crippen LogP contribution in [0.25, 0.3) is 0 Å². The van der Waals surface area contributed by atoms with Gasteiger partial charge in [0.2, 0.25) is 0 Å². The third-order valence-corrected chi connectivity index (χ3v) is 3.86. The van der Waals surface area contributed by atoms with Gasteiger partial charge in [0.05, 0.1) is 5.56 Å². The molecule has 0 spiro atoms. The topological polar surface area (TPSA) is 40.5 Å². The molecular formula is C12H15NO2S2. The van der Waals surface area contributed by atoms with Gasteiger partial charge in [-0.1, -0.05) is 36.1 Å².